The van der Waals surface area contributed by atoms with Gasteiger partial charge in [-0.2, -0.15) is 0 Å². The summed E-state index contributed by atoms with van der Waals surface area (Å²) in [5.74, 6) is 0.601. The summed E-state index contributed by atoms with van der Waals surface area (Å²) in [5.41, 5.74) is 7.74. The van der Waals surface area contributed by atoms with Crippen LogP contribution in [0.1, 0.15) is 24.8 Å². The molecule has 4 N–H and O–H groups in total. The van der Waals surface area contributed by atoms with Gasteiger partial charge in [0.25, 0.3) is 0 Å². The van der Waals surface area contributed by atoms with Crippen molar-refractivity contribution in [3.8, 4) is 0 Å². The Morgan fingerprint density at radius 1 is 1.27 bits per heavy atom. The van der Waals surface area contributed by atoms with E-state index in [2.05, 4.69) is 21.4 Å². The Morgan fingerprint density at radius 3 is 2.77 bits per heavy atom. The van der Waals surface area contributed by atoms with Crippen molar-refractivity contribution < 1.29 is 9.72 Å². The number of benzene rings is 1. The maximum absolute atomic E-state index is 12.4. The van der Waals surface area contributed by atoms with E-state index in [4.69, 9.17) is 5.73 Å². The Balaban J connectivity index is 1.27. The standard InChI is InChI=1S/C21H24N6O3/c22-21-18(27(29)30)6-7-19(25-21)26-11-9-15(10-12-26)24-20(28)8-5-14-13-23-17-4-2-1-3-16(14)17/h1-4,6-7,13,15,23H,5,8-12H2,(H2,22,25)(H,24,28). The van der Waals surface area contributed by atoms with E-state index in [-0.39, 0.29) is 23.5 Å². The number of H-pyrrole nitrogens is 1. The highest BCUT2D eigenvalue weighted by Gasteiger charge is 2.23. The van der Waals surface area contributed by atoms with E-state index in [0.717, 1.165) is 29.3 Å². The molecule has 3 heterocycles. The third-order valence-corrected chi connectivity index (χ3v) is 5.56. The van der Waals surface area contributed by atoms with E-state index in [9.17, 15) is 14.9 Å². The molecule has 0 radical (unpaired) electrons. The lowest BCUT2D eigenvalue weighted by Crippen LogP contribution is -2.45. The first kappa shape index (κ1) is 19.7. The van der Waals surface area contributed by atoms with Gasteiger partial charge in [0.05, 0.1) is 4.92 Å². The average Bonchev–Trinajstić information content (AvgIpc) is 3.15. The molecule has 0 bridgehead atoms. The summed E-state index contributed by atoms with van der Waals surface area (Å²) in [5, 5.41) is 15.2. The zero-order chi connectivity index (χ0) is 21.1. The van der Waals surface area contributed by atoms with Crippen LogP contribution in [0.25, 0.3) is 10.9 Å². The molecular formula is C21H24N6O3. The normalized spacial score (nSPS) is 14.7. The number of aromatic amines is 1. The number of pyridine rings is 1. The average molecular weight is 408 g/mol. The minimum atomic E-state index is -0.538. The summed E-state index contributed by atoms with van der Waals surface area (Å²) in [6, 6.07) is 11.2. The molecule has 0 atom stereocenters. The molecule has 1 amide bonds. The lowest BCUT2D eigenvalue weighted by atomic mass is 10.0. The van der Waals surface area contributed by atoms with Crippen LogP contribution in [-0.2, 0) is 11.2 Å². The van der Waals surface area contributed by atoms with E-state index < -0.39 is 4.92 Å². The molecular weight excluding hydrogens is 384 g/mol. The number of rotatable bonds is 6. The number of nitro groups is 1. The Bertz CT molecular complexity index is 1070. The summed E-state index contributed by atoms with van der Waals surface area (Å²) in [6.45, 7) is 1.41. The van der Waals surface area contributed by atoms with Gasteiger partial charge in [-0.25, -0.2) is 4.98 Å². The number of para-hydroxylation sites is 1. The number of carbonyl (C=O) groups is 1. The van der Waals surface area contributed by atoms with Gasteiger partial charge in [0, 0.05) is 48.7 Å². The van der Waals surface area contributed by atoms with Crippen molar-refractivity contribution in [2.24, 2.45) is 0 Å². The van der Waals surface area contributed by atoms with Crippen LogP contribution in [0, 0.1) is 10.1 Å². The highest BCUT2D eigenvalue weighted by atomic mass is 16.6. The van der Waals surface area contributed by atoms with Crippen LogP contribution in [0.2, 0.25) is 0 Å². The third-order valence-electron chi connectivity index (χ3n) is 5.56. The monoisotopic (exact) mass is 408 g/mol. The van der Waals surface area contributed by atoms with E-state index in [1.165, 1.54) is 6.07 Å². The molecule has 9 nitrogen and oxygen atoms in total. The highest BCUT2D eigenvalue weighted by molar-refractivity contribution is 5.84. The van der Waals surface area contributed by atoms with Crippen molar-refractivity contribution in [1.82, 2.24) is 15.3 Å². The lowest BCUT2D eigenvalue weighted by molar-refractivity contribution is -0.384. The van der Waals surface area contributed by atoms with Gasteiger partial charge in [0.15, 0.2) is 0 Å². The number of hydrogen-bond acceptors (Lipinski definition) is 6. The number of anilines is 2. The van der Waals surface area contributed by atoms with Crippen LogP contribution in [-0.4, -0.2) is 39.9 Å². The second kappa shape index (κ2) is 8.40. The van der Waals surface area contributed by atoms with Crippen molar-refractivity contribution >= 4 is 34.1 Å². The van der Waals surface area contributed by atoms with E-state index >= 15 is 0 Å². The second-order valence-corrected chi connectivity index (χ2v) is 7.52. The largest absolute Gasteiger partial charge is 0.378 e. The van der Waals surface area contributed by atoms with Crippen molar-refractivity contribution in [3.05, 3.63) is 58.3 Å². The second-order valence-electron chi connectivity index (χ2n) is 7.52. The molecule has 0 saturated carbocycles. The number of piperidine rings is 1. The predicted octanol–water partition coefficient (Wildman–Crippen LogP) is 2.77. The van der Waals surface area contributed by atoms with Crippen LogP contribution < -0.4 is 16.0 Å². The number of hydrogen-bond donors (Lipinski definition) is 3. The number of carbonyl (C=O) groups excluding carboxylic acids is 1. The number of fused-ring (bicyclic) bond motifs is 1. The molecule has 0 spiro atoms. The molecule has 0 aliphatic carbocycles. The zero-order valence-corrected chi connectivity index (χ0v) is 16.5. The Hall–Kier alpha value is -3.62. The van der Waals surface area contributed by atoms with Crippen molar-refractivity contribution in [2.75, 3.05) is 23.7 Å². The molecule has 1 aliphatic rings. The van der Waals surface area contributed by atoms with Gasteiger partial charge in [-0.3, -0.25) is 14.9 Å². The van der Waals surface area contributed by atoms with Gasteiger partial charge in [0.1, 0.15) is 5.82 Å². The predicted molar refractivity (Wildman–Crippen MR) is 115 cm³/mol. The van der Waals surface area contributed by atoms with Gasteiger partial charge < -0.3 is 20.9 Å². The number of nitrogens with two attached hydrogens (primary N) is 1. The first-order chi connectivity index (χ1) is 14.5. The Morgan fingerprint density at radius 2 is 2.03 bits per heavy atom. The van der Waals surface area contributed by atoms with Gasteiger partial charge in [-0.15, -0.1) is 0 Å². The molecule has 1 aromatic carbocycles. The quantitative estimate of drug-likeness (QED) is 0.425. The number of nitrogens with zero attached hydrogens (tertiary/aromatic N) is 3. The van der Waals surface area contributed by atoms with Gasteiger partial charge in [-0.1, -0.05) is 18.2 Å². The third kappa shape index (κ3) is 4.19. The highest BCUT2D eigenvalue weighted by Crippen LogP contribution is 2.25. The molecule has 1 saturated heterocycles. The fourth-order valence-electron chi connectivity index (χ4n) is 3.93. The number of nitrogens with one attached hydrogen (secondary N) is 2. The van der Waals surface area contributed by atoms with E-state index in [1.54, 1.807) is 6.07 Å². The zero-order valence-electron chi connectivity index (χ0n) is 16.5. The van der Waals surface area contributed by atoms with Gasteiger partial charge >= 0.3 is 5.69 Å². The van der Waals surface area contributed by atoms with Crippen molar-refractivity contribution in [1.29, 1.82) is 0 Å². The van der Waals surface area contributed by atoms with Crippen LogP contribution in [0.3, 0.4) is 0 Å². The summed E-state index contributed by atoms with van der Waals surface area (Å²) in [6.07, 6.45) is 4.69. The molecule has 30 heavy (non-hydrogen) atoms. The van der Waals surface area contributed by atoms with Crippen LogP contribution in [0.4, 0.5) is 17.3 Å². The topological polar surface area (TPSA) is 130 Å². The number of aromatic nitrogens is 2. The van der Waals surface area contributed by atoms with Crippen LogP contribution in [0.5, 0.6) is 0 Å². The number of nitrogen functional groups attached to an aromatic ring is 1. The molecule has 2 aromatic heterocycles. The minimum absolute atomic E-state index is 0.0523. The van der Waals surface area contributed by atoms with Crippen molar-refractivity contribution in [2.45, 2.75) is 31.7 Å². The number of amides is 1. The SMILES string of the molecule is Nc1nc(N2CCC(NC(=O)CCc3c[nH]c4ccccc34)CC2)ccc1[N+](=O)[O-]. The van der Waals surface area contributed by atoms with Gasteiger partial charge in [-0.05, 0) is 37.0 Å². The summed E-state index contributed by atoms with van der Waals surface area (Å²) >= 11 is 0. The molecule has 3 aromatic rings. The summed E-state index contributed by atoms with van der Waals surface area (Å²) in [7, 11) is 0. The molecule has 1 fully saturated rings. The first-order valence-electron chi connectivity index (χ1n) is 10.0. The summed E-state index contributed by atoms with van der Waals surface area (Å²) in [4.78, 5) is 32.2. The van der Waals surface area contributed by atoms with E-state index in [1.807, 2.05) is 29.3 Å². The Kier molecular flexibility index (Phi) is 5.51. The van der Waals surface area contributed by atoms with Gasteiger partial charge in [0.2, 0.25) is 11.7 Å². The molecule has 0 unspecified atom stereocenters. The molecule has 4 rings (SSSR count). The minimum Gasteiger partial charge on any atom is -0.378 e. The maximum atomic E-state index is 12.4. The summed E-state index contributed by atoms with van der Waals surface area (Å²) < 4.78 is 0. The molecule has 156 valence electrons. The van der Waals surface area contributed by atoms with E-state index in [0.29, 0.717) is 31.7 Å². The fourth-order valence-corrected chi connectivity index (χ4v) is 3.93. The molecule has 1 aliphatic heterocycles. The lowest BCUT2D eigenvalue weighted by Gasteiger charge is -2.33. The van der Waals surface area contributed by atoms with Crippen LogP contribution in [0.15, 0.2) is 42.6 Å². The Labute approximate surface area is 173 Å². The molecule has 9 heteroatoms. The smallest absolute Gasteiger partial charge is 0.311 e. The number of aryl methyl sites for hydroxylation is 1. The maximum Gasteiger partial charge on any atom is 0.311 e. The fraction of sp³-hybridized carbons (Fsp3) is 0.333. The first-order valence-corrected chi connectivity index (χ1v) is 10.0. The van der Waals surface area contributed by atoms with Crippen molar-refractivity contribution in [3.63, 3.8) is 0 Å². The van der Waals surface area contributed by atoms with Crippen LogP contribution >= 0.6 is 0 Å².